The first-order valence-corrected chi connectivity index (χ1v) is 9.14. The number of hydrogen-bond acceptors (Lipinski definition) is 4. The average Bonchev–Trinajstić information content (AvgIpc) is 3.16. The van der Waals surface area contributed by atoms with Gasteiger partial charge in [-0.25, -0.2) is 0 Å². The molecule has 0 amide bonds. The summed E-state index contributed by atoms with van der Waals surface area (Å²) in [4.78, 5) is 6.65. The van der Waals surface area contributed by atoms with Crippen molar-refractivity contribution in [3.8, 4) is 11.5 Å². The van der Waals surface area contributed by atoms with Crippen LogP contribution in [0.1, 0.15) is 6.42 Å². The van der Waals surface area contributed by atoms with Crippen molar-refractivity contribution in [1.29, 1.82) is 0 Å². The third-order valence-corrected chi connectivity index (χ3v) is 4.58. The van der Waals surface area contributed by atoms with Crippen LogP contribution in [0.5, 0.6) is 11.5 Å². The van der Waals surface area contributed by atoms with Gasteiger partial charge in [0.05, 0.1) is 7.11 Å². The Kier molecular flexibility index (Phi) is 8.44. The van der Waals surface area contributed by atoms with Gasteiger partial charge in [0.25, 0.3) is 0 Å². The van der Waals surface area contributed by atoms with Crippen LogP contribution in [0.4, 0.5) is 24.5 Å². The topological polar surface area (TPSA) is 72.1 Å². The molecule has 30 heavy (non-hydrogen) atoms. The first kappa shape index (κ1) is 23.9. The Morgan fingerprint density at radius 3 is 2.60 bits per heavy atom. The lowest BCUT2D eigenvalue weighted by Gasteiger charge is -2.19. The molecule has 10 heteroatoms. The number of nitrogens with zero attached hydrogens (tertiary/aromatic N) is 2. The molecular weight excluding hydrogens is 512 g/mol. The Balaban J connectivity index is 0.00000320. The molecule has 3 N–H and O–H groups in total. The quantitative estimate of drug-likeness (QED) is 0.324. The third-order valence-electron chi connectivity index (χ3n) is 4.58. The zero-order valence-electron chi connectivity index (χ0n) is 16.4. The van der Waals surface area contributed by atoms with Crippen LogP contribution in [0, 0.1) is 5.92 Å². The summed E-state index contributed by atoms with van der Waals surface area (Å²) in [5, 5.41) is 2.87. The van der Waals surface area contributed by atoms with Crippen molar-refractivity contribution >= 4 is 41.3 Å². The van der Waals surface area contributed by atoms with Crippen LogP contribution in [0.3, 0.4) is 0 Å². The Morgan fingerprint density at radius 1 is 1.20 bits per heavy atom. The van der Waals surface area contributed by atoms with Crippen molar-refractivity contribution in [3.05, 3.63) is 48.5 Å². The highest BCUT2D eigenvalue weighted by Gasteiger charge is 2.31. The van der Waals surface area contributed by atoms with E-state index in [4.69, 9.17) is 10.5 Å². The summed E-state index contributed by atoms with van der Waals surface area (Å²) in [5.74, 6) is 1.12. The van der Waals surface area contributed by atoms with Crippen LogP contribution in [0.25, 0.3) is 0 Å². The number of rotatable bonds is 6. The van der Waals surface area contributed by atoms with E-state index in [2.05, 4.69) is 26.0 Å². The van der Waals surface area contributed by atoms with Crippen molar-refractivity contribution < 1.29 is 22.6 Å². The fourth-order valence-corrected chi connectivity index (χ4v) is 3.18. The minimum absolute atomic E-state index is 0. The van der Waals surface area contributed by atoms with Gasteiger partial charge in [-0.1, -0.05) is 6.07 Å². The maximum absolute atomic E-state index is 12.2. The fourth-order valence-electron chi connectivity index (χ4n) is 3.18. The molecule has 1 fully saturated rings. The first-order valence-electron chi connectivity index (χ1n) is 9.14. The van der Waals surface area contributed by atoms with E-state index in [-0.39, 0.29) is 35.7 Å². The van der Waals surface area contributed by atoms with Crippen molar-refractivity contribution in [2.45, 2.75) is 12.8 Å². The lowest BCUT2D eigenvalue weighted by molar-refractivity contribution is -0.274. The molecule has 0 aliphatic carbocycles. The SMILES string of the molecule is COc1cccc(N2CCC(CN=C(N)Nc3ccc(OC(F)(F)F)cc3)C2)c1.I. The van der Waals surface area contributed by atoms with E-state index in [1.807, 2.05) is 18.2 Å². The van der Waals surface area contributed by atoms with E-state index < -0.39 is 6.36 Å². The summed E-state index contributed by atoms with van der Waals surface area (Å²) in [6.07, 6.45) is -3.72. The predicted molar refractivity (Wildman–Crippen MR) is 122 cm³/mol. The molecule has 164 valence electrons. The first-order chi connectivity index (χ1) is 13.8. The predicted octanol–water partition coefficient (Wildman–Crippen LogP) is 4.46. The highest BCUT2D eigenvalue weighted by atomic mass is 127. The number of methoxy groups -OCH3 is 1. The number of guanidine groups is 1. The van der Waals surface area contributed by atoms with Crippen molar-refractivity contribution in [1.82, 2.24) is 0 Å². The van der Waals surface area contributed by atoms with E-state index in [9.17, 15) is 13.2 Å². The van der Waals surface area contributed by atoms with E-state index in [1.54, 1.807) is 7.11 Å². The van der Waals surface area contributed by atoms with Crippen molar-refractivity contribution in [3.63, 3.8) is 0 Å². The van der Waals surface area contributed by atoms with Crippen LogP contribution in [0.15, 0.2) is 53.5 Å². The lowest BCUT2D eigenvalue weighted by atomic mass is 10.1. The molecule has 1 atom stereocenters. The maximum atomic E-state index is 12.2. The van der Waals surface area contributed by atoms with Gasteiger partial charge in [-0.2, -0.15) is 0 Å². The van der Waals surface area contributed by atoms with Gasteiger partial charge in [0.15, 0.2) is 5.96 Å². The molecular formula is C20H24F3IN4O2. The second kappa shape index (κ2) is 10.6. The molecule has 2 aromatic rings. The van der Waals surface area contributed by atoms with Crippen molar-refractivity contribution in [2.24, 2.45) is 16.6 Å². The van der Waals surface area contributed by atoms with E-state index in [1.165, 1.54) is 24.3 Å². The van der Waals surface area contributed by atoms with Crippen LogP contribution >= 0.6 is 24.0 Å². The molecule has 1 aliphatic heterocycles. The molecule has 0 bridgehead atoms. The fraction of sp³-hybridized carbons (Fsp3) is 0.350. The number of halogens is 4. The molecule has 1 saturated heterocycles. The van der Waals surface area contributed by atoms with Gasteiger partial charge < -0.3 is 25.4 Å². The monoisotopic (exact) mass is 536 g/mol. The minimum Gasteiger partial charge on any atom is -0.497 e. The number of anilines is 2. The molecule has 3 rings (SSSR count). The number of nitrogens with two attached hydrogens (primary N) is 1. The third kappa shape index (κ3) is 7.15. The molecule has 6 nitrogen and oxygen atoms in total. The minimum atomic E-state index is -4.71. The van der Waals surface area contributed by atoms with Crippen LogP contribution in [0.2, 0.25) is 0 Å². The second-order valence-electron chi connectivity index (χ2n) is 6.73. The molecule has 0 spiro atoms. The summed E-state index contributed by atoms with van der Waals surface area (Å²) >= 11 is 0. The average molecular weight is 536 g/mol. The Bertz CT molecular complexity index is 847. The standard InChI is InChI=1S/C20H23F3N4O2.HI/c1-28-18-4-2-3-16(11-18)27-10-9-14(13-27)12-25-19(24)26-15-5-7-17(8-6-15)29-20(21,22)23;/h2-8,11,14H,9-10,12-13H2,1H3,(H3,24,25,26);1H. The van der Waals surface area contributed by atoms with Crippen LogP contribution in [-0.2, 0) is 0 Å². The van der Waals surface area contributed by atoms with Gasteiger partial charge in [-0.05, 0) is 48.7 Å². The second-order valence-corrected chi connectivity index (χ2v) is 6.73. The Labute approximate surface area is 190 Å². The lowest BCUT2D eigenvalue weighted by Crippen LogP contribution is -2.25. The van der Waals surface area contributed by atoms with Crippen LogP contribution in [-0.4, -0.2) is 39.1 Å². The number of aliphatic imine (C=N–C) groups is 1. The number of alkyl halides is 3. The maximum Gasteiger partial charge on any atom is 0.573 e. The summed E-state index contributed by atoms with van der Waals surface area (Å²) < 4.78 is 45.7. The summed E-state index contributed by atoms with van der Waals surface area (Å²) in [6, 6.07) is 13.3. The van der Waals surface area contributed by atoms with Crippen molar-refractivity contribution in [2.75, 3.05) is 37.0 Å². The largest absolute Gasteiger partial charge is 0.573 e. The summed E-state index contributed by atoms with van der Waals surface area (Å²) in [7, 11) is 1.65. The molecule has 0 radical (unpaired) electrons. The summed E-state index contributed by atoms with van der Waals surface area (Å²) in [5.41, 5.74) is 7.55. The smallest absolute Gasteiger partial charge is 0.497 e. The van der Waals surface area contributed by atoms with Crippen LogP contribution < -0.4 is 25.4 Å². The van der Waals surface area contributed by atoms with E-state index in [0.29, 0.717) is 18.2 Å². The number of ether oxygens (including phenoxy) is 2. The number of hydrogen-bond donors (Lipinski definition) is 2. The molecule has 2 aromatic carbocycles. The Morgan fingerprint density at radius 2 is 1.93 bits per heavy atom. The highest BCUT2D eigenvalue weighted by Crippen LogP contribution is 2.27. The Hall–Kier alpha value is -2.37. The molecule has 0 aromatic heterocycles. The molecule has 1 unspecified atom stereocenters. The van der Waals surface area contributed by atoms with Gasteiger partial charge in [-0.15, -0.1) is 37.1 Å². The number of nitrogens with one attached hydrogen (secondary N) is 1. The molecule has 1 heterocycles. The highest BCUT2D eigenvalue weighted by molar-refractivity contribution is 14.0. The zero-order chi connectivity index (χ0) is 20.9. The molecule has 0 saturated carbocycles. The van der Waals surface area contributed by atoms with Gasteiger partial charge >= 0.3 is 6.36 Å². The number of benzene rings is 2. The van der Waals surface area contributed by atoms with Gasteiger partial charge in [0, 0.05) is 37.1 Å². The van der Waals surface area contributed by atoms with E-state index >= 15 is 0 Å². The van der Waals surface area contributed by atoms with E-state index in [0.717, 1.165) is 30.9 Å². The zero-order valence-corrected chi connectivity index (χ0v) is 18.7. The van der Waals surface area contributed by atoms with Gasteiger partial charge in [-0.3, -0.25) is 4.99 Å². The van der Waals surface area contributed by atoms with Gasteiger partial charge in [0.1, 0.15) is 11.5 Å². The normalized spacial score (nSPS) is 16.7. The van der Waals surface area contributed by atoms with Gasteiger partial charge in [0.2, 0.25) is 0 Å². The summed E-state index contributed by atoms with van der Waals surface area (Å²) in [6.45, 7) is 2.36. The molecule has 1 aliphatic rings.